The van der Waals surface area contributed by atoms with Gasteiger partial charge in [0.25, 0.3) is 0 Å². The van der Waals surface area contributed by atoms with E-state index < -0.39 is 25.0 Å². The molecule has 0 radical (unpaired) electrons. The van der Waals surface area contributed by atoms with Crippen molar-refractivity contribution in [2.75, 3.05) is 44.7 Å². The number of hydrogen-bond acceptors (Lipinski definition) is 8. The molecule has 0 amide bonds. The minimum Gasteiger partial charge on any atom is -0.462 e. The highest BCUT2D eigenvalue weighted by Gasteiger charge is 2.25. The maximum Gasteiger partial charge on any atom is 0.527 e. The molecule has 0 bridgehead atoms. The van der Waals surface area contributed by atoms with E-state index in [4.69, 9.17) is 13.8 Å². The number of nitrogens with zero attached hydrogens (tertiary/aromatic N) is 3. The van der Waals surface area contributed by atoms with Gasteiger partial charge in [-0.1, -0.05) is 30.3 Å². The summed E-state index contributed by atoms with van der Waals surface area (Å²) in [6.07, 6.45) is 1.37. The minimum absolute atomic E-state index is 0.0189. The van der Waals surface area contributed by atoms with E-state index in [1.54, 1.807) is 54.0 Å². The van der Waals surface area contributed by atoms with Gasteiger partial charge in [0.15, 0.2) is 0 Å². The fourth-order valence-electron chi connectivity index (χ4n) is 4.75. The number of aromatic nitrogens is 1. The normalized spacial score (nSPS) is 15.4. The van der Waals surface area contributed by atoms with Gasteiger partial charge in [-0.2, -0.15) is 0 Å². The zero-order chi connectivity index (χ0) is 29.9. The van der Waals surface area contributed by atoms with Crippen molar-refractivity contribution < 1.29 is 32.4 Å². The lowest BCUT2D eigenvalue weighted by Gasteiger charge is -2.34. The molecule has 0 spiro atoms. The number of anilines is 1. The molecule has 1 fully saturated rings. The van der Waals surface area contributed by atoms with Crippen LogP contribution in [0.2, 0.25) is 0 Å². The second-order valence-corrected chi connectivity index (χ2v) is 11.3. The third kappa shape index (κ3) is 6.55. The first-order valence-corrected chi connectivity index (χ1v) is 15.0. The molecule has 220 valence electrons. The summed E-state index contributed by atoms with van der Waals surface area (Å²) in [5, 5.41) is 0.0189. The lowest BCUT2D eigenvalue weighted by molar-refractivity contribution is 0.0524. The largest absolute Gasteiger partial charge is 0.527 e. The van der Waals surface area contributed by atoms with Crippen LogP contribution in [-0.4, -0.2) is 60.2 Å². The molecule has 4 aromatic rings. The molecule has 1 aliphatic heterocycles. The van der Waals surface area contributed by atoms with Gasteiger partial charge in [0.1, 0.15) is 17.1 Å². The Kier molecular flexibility index (Phi) is 8.74. The number of phosphoric acid groups is 1. The average Bonchev–Trinajstić information content (AvgIpc) is 2.98. The molecule has 10 nitrogen and oxygen atoms in total. The van der Waals surface area contributed by atoms with Gasteiger partial charge < -0.3 is 23.6 Å². The highest BCUT2D eigenvalue weighted by Crippen LogP contribution is 2.44. The fourth-order valence-corrected chi connectivity index (χ4v) is 5.50. The quantitative estimate of drug-likeness (QED) is 0.216. The van der Waals surface area contributed by atoms with Gasteiger partial charge in [0, 0.05) is 43.4 Å². The smallest absolute Gasteiger partial charge is 0.462 e. The molecule has 12 heteroatoms. The minimum atomic E-state index is -4.43. The monoisotopic (exact) mass is 595 g/mol. The summed E-state index contributed by atoms with van der Waals surface area (Å²) in [5.41, 5.74) is 1.05. The summed E-state index contributed by atoms with van der Waals surface area (Å²) in [6.45, 7) is 4.33. The van der Waals surface area contributed by atoms with Crippen LogP contribution in [0.25, 0.3) is 16.6 Å². The molecule has 3 aromatic carbocycles. The van der Waals surface area contributed by atoms with E-state index in [1.807, 2.05) is 18.0 Å². The van der Waals surface area contributed by atoms with Crippen molar-refractivity contribution in [1.82, 2.24) is 9.47 Å². The van der Waals surface area contributed by atoms with Gasteiger partial charge in [0.2, 0.25) is 5.43 Å². The summed E-state index contributed by atoms with van der Waals surface area (Å²) in [5.74, 6) is -1.31. The highest BCUT2D eigenvalue weighted by molar-refractivity contribution is 7.47. The molecular weight excluding hydrogens is 564 g/mol. The third-order valence-electron chi connectivity index (χ3n) is 6.98. The van der Waals surface area contributed by atoms with E-state index in [1.165, 1.54) is 18.3 Å². The van der Waals surface area contributed by atoms with Crippen molar-refractivity contribution in [2.24, 2.45) is 0 Å². The van der Waals surface area contributed by atoms with Gasteiger partial charge in [-0.25, -0.2) is 13.8 Å². The second kappa shape index (κ2) is 12.5. The van der Waals surface area contributed by atoms with E-state index >= 15 is 4.39 Å². The predicted molar refractivity (Wildman–Crippen MR) is 157 cm³/mol. The van der Waals surface area contributed by atoms with Crippen LogP contribution in [0.3, 0.4) is 0 Å². The number of carbonyl (C=O) groups excluding carboxylic acids is 1. The molecule has 1 atom stereocenters. The van der Waals surface area contributed by atoms with Crippen LogP contribution >= 0.6 is 7.82 Å². The number of benzene rings is 3. The number of fused-ring (bicyclic) bond motifs is 1. The Bertz CT molecular complexity index is 1690. The maximum atomic E-state index is 15.4. The first kappa shape index (κ1) is 29.5. The Morgan fingerprint density at radius 3 is 2.38 bits per heavy atom. The standard InChI is InChI=1S/C30H31FN3O7P/c1-3-39-30(36)25-19-34(27-18-28(26(31)17-24(27)29(25)35)33-15-13-32(2)14-16-33)22-9-11-23(12-10-22)41-42(37,38)40-20-21-7-5-4-6-8-21/h4-12,17-19H,3,13-16,20H2,1-2H3,(H,37,38). The molecule has 1 aliphatic rings. The molecule has 1 N–H and O–H groups in total. The summed E-state index contributed by atoms with van der Waals surface area (Å²) in [4.78, 5) is 40.2. The molecular formula is C30H31FN3O7P. The van der Waals surface area contributed by atoms with Crippen molar-refractivity contribution in [1.29, 1.82) is 0 Å². The predicted octanol–water partition coefficient (Wildman–Crippen LogP) is 4.75. The number of phosphoric ester groups is 1. The van der Waals surface area contributed by atoms with Gasteiger partial charge in [-0.05, 0) is 55.9 Å². The third-order valence-corrected chi connectivity index (χ3v) is 7.88. The highest BCUT2D eigenvalue weighted by atomic mass is 31.2. The Balaban J connectivity index is 1.50. The number of halogens is 1. The Morgan fingerprint density at radius 2 is 1.71 bits per heavy atom. The number of piperazine rings is 1. The molecule has 1 unspecified atom stereocenters. The van der Waals surface area contributed by atoms with Gasteiger partial charge in [-0.15, -0.1) is 0 Å². The van der Waals surface area contributed by atoms with Crippen molar-refractivity contribution in [2.45, 2.75) is 13.5 Å². The Labute approximate surface area is 242 Å². The van der Waals surface area contributed by atoms with Crippen LogP contribution in [0.15, 0.2) is 77.7 Å². The molecule has 1 saturated heterocycles. The van der Waals surface area contributed by atoms with Crippen molar-refractivity contribution in [3.8, 4) is 11.4 Å². The zero-order valence-corrected chi connectivity index (χ0v) is 24.1. The Morgan fingerprint density at radius 1 is 1.02 bits per heavy atom. The second-order valence-electron chi connectivity index (χ2n) is 9.89. The summed E-state index contributed by atoms with van der Waals surface area (Å²) < 4.78 is 44.9. The molecule has 5 rings (SSSR count). The number of rotatable bonds is 9. The molecule has 0 saturated carbocycles. The number of carbonyl (C=O) groups is 1. The lowest BCUT2D eigenvalue weighted by atomic mass is 10.1. The summed E-state index contributed by atoms with van der Waals surface area (Å²) in [7, 11) is -2.43. The van der Waals surface area contributed by atoms with Crippen molar-refractivity contribution in [3.63, 3.8) is 0 Å². The van der Waals surface area contributed by atoms with Gasteiger partial charge >= 0.3 is 13.8 Å². The van der Waals surface area contributed by atoms with Gasteiger partial charge in [-0.3, -0.25) is 14.2 Å². The molecule has 0 aliphatic carbocycles. The zero-order valence-electron chi connectivity index (χ0n) is 23.2. The van der Waals surface area contributed by atoms with E-state index in [0.717, 1.165) is 19.2 Å². The lowest BCUT2D eigenvalue weighted by Crippen LogP contribution is -2.44. The molecule has 42 heavy (non-hydrogen) atoms. The molecule has 2 heterocycles. The SMILES string of the molecule is CCOC(=O)c1cn(-c2ccc(OP(=O)(O)OCc3ccccc3)cc2)c2cc(N3CCN(C)CC3)c(F)cc2c1=O. The number of ether oxygens (including phenoxy) is 1. The van der Waals surface area contributed by atoms with Crippen LogP contribution in [0.1, 0.15) is 22.8 Å². The van der Waals surface area contributed by atoms with Crippen LogP contribution in [0.4, 0.5) is 10.1 Å². The first-order valence-electron chi connectivity index (χ1n) is 13.5. The number of likely N-dealkylation sites (N-methyl/N-ethyl adjacent to an activating group) is 1. The number of esters is 1. The maximum absolute atomic E-state index is 15.4. The fraction of sp³-hybridized carbons (Fsp3) is 0.267. The van der Waals surface area contributed by atoms with Crippen LogP contribution in [0.5, 0.6) is 5.75 Å². The Hall–Kier alpha value is -4.02. The van der Waals surface area contributed by atoms with Crippen LogP contribution in [0, 0.1) is 5.82 Å². The van der Waals surface area contributed by atoms with Crippen molar-refractivity contribution >= 4 is 30.4 Å². The van der Waals surface area contributed by atoms with E-state index in [-0.39, 0.29) is 29.9 Å². The van der Waals surface area contributed by atoms with E-state index in [9.17, 15) is 19.0 Å². The van der Waals surface area contributed by atoms with E-state index in [2.05, 4.69) is 4.90 Å². The summed E-state index contributed by atoms with van der Waals surface area (Å²) >= 11 is 0. The first-order chi connectivity index (χ1) is 20.1. The van der Waals surface area contributed by atoms with Crippen molar-refractivity contribution in [3.05, 3.63) is 100 Å². The number of hydrogen-bond donors (Lipinski definition) is 1. The molecule has 1 aromatic heterocycles. The van der Waals surface area contributed by atoms with Crippen LogP contribution < -0.4 is 14.9 Å². The van der Waals surface area contributed by atoms with Gasteiger partial charge in [0.05, 0.1) is 24.4 Å². The van der Waals surface area contributed by atoms with E-state index in [0.29, 0.717) is 35.5 Å². The average molecular weight is 596 g/mol. The topological polar surface area (TPSA) is 111 Å². The number of pyridine rings is 1. The summed E-state index contributed by atoms with van der Waals surface area (Å²) in [6, 6.07) is 17.8. The van der Waals surface area contributed by atoms with Crippen LogP contribution in [-0.2, 0) is 20.4 Å².